The molecule has 1 unspecified atom stereocenters. The molecule has 0 spiro atoms. The molecule has 104 valence electrons. The predicted octanol–water partition coefficient (Wildman–Crippen LogP) is 2.13. The Hall–Kier alpha value is -1.82. The fourth-order valence-corrected chi connectivity index (χ4v) is 1.91. The van der Waals surface area contributed by atoms with Crippen LogP contribution in [0.1, 0.15) is 13.8 Å². The van der Waals surface area contributed by atoms with E-state index in [0.717, 1.165) is 0 Å². The van der Waals surface area contributed by atoms with Gasteiger partial charge in [-0.3, -0.25) is 0 Å². The van der Waals surface area contributed by atoms with Gasteiger partial charge in [-0.1, -0.05) is 32.1 Å². The van der Waals surface area contributed by atoms with E-state index in [1.807, 2.05) is 13.8 Å². The Kier molecular flexibility index (Phi) is 5.57. The lowest BCUT2D eigenvalue weighted by atomic mass is 10.1. The largest absolute Gasteiger partial charge is 0.497 e. The molecule has 1 atom stereocenters. The molecule has 6 heteroatoms. The lowest BCUT2D eigenvalue weighted by Crippen LogP contribution is -2.48. The molecule has 1 rings (SSSR count). The summed E-state index contributed by atoms with van der Waals surface area (Å²) in [5.41, 5.74) is 6.23. The van der Waals surface area contributed by atoms with Crippen molar-refractivity contribution in [1.82, 2.24) is 5.32 Å². The van der Waals surface area contributed by atoms with Gasteiger partial charge < -0.3 is 21.1 Å². The number of methoxy groups -OCH3 is 1. The zero-order valence-corrected chi connectivity index (χ0v) is 12.1. The molecule has 0 aromatic heterocycles. The van der Waals surface area contributed by atoms with E-state index in [-0.39, 0.29) is 23.0 Å². The first-order chi connectivity index (χ1) is 8.93. The highest BCUT2D eigenvalue weighted by Crippen LogP contribution is 2.16. The zero-order valence-electron chi connectivity index (χ0n) is 11.3. The van der Waals surface area contributed by atoms with Crippen LogP contribution in [-0.2, 0) is 0 Å². The maximum Gasteiger partial charge on any atom is 0.319 e. The number of thiocarbonyl (C=S) groups is 1. The summed E-state index contributed by atoms with van der Waals surface area (Å²) in [7, 11) is 1.57. The molecule has 0 aliphatic rings. The lowest BCUT2D eigenvalue weighted by molar-refractivity contribution is 0.248. The fourth-order valence-electron chi connectivity index (χ4n) is 1.58. The number of carbonyl (C=O) groups excluding carboxylic acids is 1. The third-order valence-electron chi connectivity index (χ3n) is 2.59. The molecule has 0 saturated carbocycles. The van der Waals surface area contributed by atoms with Gasteiger partial charge in [-0.15, -0.1) is 0 Å². The number of urea groups is 1. The minimum atomic E-state index is -0.347. The van der Waals surface area contributed by atoms with Crippen LogP contribution in [0, 0.1) is 5.92 Å². The van der Waals surface area contributed by atoms with E-state index in [4.69, 9.17) is 22.7 Å². The van der Waals surface area contributed by atoms with Crippen LogP contribution in [-0.4, -0.2) is 24.2 Å². The summed E-state index contributed by atoms with van der Waals surface area (Å²) < 4.78 is 5.08. The number of anilines is 1. The summed E-state index contributed by atoms with van der Waals surface area (Å²) in [6.45, 7) is 3.88. The lowest BCUT2D eigenvalue weighted by Gasteiger charge is -2.21. The van der Waals surface area contributed by atoms with Crippen molar-refractivity contribution < 1.29 is 9.53 Å². The second-order valence-electron chi connectivity index (χ2n) is 4.45. The SMILES string of the molecule is COc1cccc(NC(=O)NC(C(N)=S)C(C)C)c1. The van der Waals surface area contributed by atoms with Crippen LogP contribution in [0.5, 0.6) is 5.75 Å². The highest BCUT2D eigenvalue weighted by Gasteiger charge is 2.18. The van der Waals surface area contributed by atoms with Crippen molar-refractivity contribution in [3.63, 3.8) is 0 Å². The monoisotopic (exact) mass is 281 g/mol. The van der Waals surface area contributed by atoms with E-state index in [2.05, 4.69) is 10.6 Å². The number of amides is 2. The molecule has 0 heterocycles. The molecule has 0 radical (unpaired) electrons. The van der Waals surface area contributed by atoms with Gasteiger partial charge in [0, 0.05) is 11.8 Å². The summed E-state index contributed by atoms with van der Waals surface area (Å²) in [6.07, 6.45) is 0. The highest BCUT2D eigenvalue weighted by atomic mass is 32.1. The Balaban J connectivity index is 2.66. The molecule has 19 heavy (non-hydrogen) atoms. The van der Waals surface area contributed by atoms with Gasteiger partial charge in [0.05, 0.1) is 18.1 Å². The molecule has 0 aliphatic carbocycles. The molecule has 1 aromatic rings. The third-order valence-corrected chi connectivity index (χ3v) is 2.84. The molecular formula is C13H19N3O2S. The number of nitrogens with two attached hydrogens (primary N) is 1. The van der Waals surface area contributed by atoms with Crippen LogP contribution in [0.3, 0.4) is 0 Å². The average Bonchev–Trinajstić information content (AvgIpc) is 2.35. The van der Waals surface area contributed by atoms with Crippen LogP contribution in [0.4, 0.5) is 10.5 Å². The van der Waals surface area contributed by atoms with Crippen LogP contribution >= 0.6 is 12.2 Å². The Morgan fingerprint density at radius 2 is 2.11 bits per heavy atom. The molecule has 4 N–H and O–H groups in total. The second-order valence-corrected chi connectivity index (χ2v) is 4.93. The minimum Gasteiger partial charge on any atom is -0.497 e. The summed E-state index contributed by atoms with van der Waals surface area (Å²) in [5, 5.41) is 5.46. The van der Waals surface area contributed by atoms with Gasteiger partial charge in [-0.05, 0) is 18.1 Å². The Bertz CT molecular complexity index is 463. The molecule has 0 fully saturated rings. The number of nitrogens with one attached hydrogen (secondary N) is 2. The van der Waals surface area contributed by atoms with Crippen molar-refractivity contribution in [3.8, 4) is 5.75 Å². The van der Waals surface area contributed by atoms with Crippen molar-refractivity contribution in [2.45, 2.75) is 19.9 Å². The molecule has 0 aliphatic heterocycles. The van der Waals surface area contributed by atoms with Crippen LogP contribution < -0.4 is 21.1 Å². The van der Waals surface area contributed by atoms with E-state index in [9.17, 15) is 4.79 Å². The topological polar surface area (TPSA) is 76.4 Å². The van der Waals surface area contributed by atoms with Gasteiger partial charge in [0.15, 0.2) is 0 Å². The van der Waals surface area contributed by atoms with Crippen molar-refractivity contribution in [2.24, 2.45) is 11.7 Å². The van der Waals surface area contributed by atoms with Crippen molar-refractivity contribution >= 4 is 28.9 Å². The Morgan fingerprint density at radius 3 is 2.63 bits per heavy atom. The zero-order chi connectivity index (χ0) is 14.4. The van der Waals surface area contributed by atoms with E-state index >= 15 is 0 Å². The van der Waals surface area contributed by atoms with Crippen molar-refractivity contribution in [3.05, 3.63) is 24.3 Å². The highest BCUT2D eigenvalue weighted by molar-refractivity contribution is 7.80. The number of carbonyl (C=O) groups is 1. The number of ether oxygens (including phenoxy) is 1. The van der Waals surface area contributed by atoms with Gasteiger partial charge in [0.25, 0.3) is 0 Å². The van der Waals surface area contributed by atoms with Crippen LogP contribution in [0.15, 0.2) is 24.3 Å². The summed E-state index contributed by atoms with van der Waals surface area (Å²) in [6, 6.07) is 6.41. The van der Waals surface area contributed by atoms with Crippen LogP contribution in [0.25, 0.3) is 0 Å². The van der Waals surface area contributed by atoms with Gasteiger partial charge >= 0.3 is 6.03 Å². The van der Waals surface area contributed by atoms with Crippen molar-refractivity contribution in [2.75, 3.05) is 12.4 Å². The fraction of sp³-hybridized carbons (Fsp3) is 0.385. The molecular weight excluding hydrogens is 262 g/mol. The quantitative estimate of drug-likeness (QED) is 0.723. The number of hydrogen-bond donors (Lipinski definition) is 3. The maximum atomic E-state index is 11.9. The third kappa shape index (κ3) is 4.75. The van der Waals surface area contributed by atoms with E-state index in [0.29, 0.717) is 11.4 Å². The molecule has 2 amide bonds. The maximum absolute atomic E-state index is 11.9. The summed E-state index contributed by atoms with van der Waals surface area (Å²) >= 11 is 4.93. The van der Waals surface area contributed by atoms with E-state index in [1.54, 1.807) is 31.4 Å². The number of benzene rings is 1. The van der Waals surface area contributed by atoms with Gasteiger partial charge in [0.2, 0.25) is 0 Å². The molecule has 5 nitrogen and oxygen atoms in total. The van der Waals surface area contributed by atoms with Gasteiger partial charge in [-0.25, -0.2) is 4.79 Å². The first kappa shape index (κ1) is 15.2. The Morgan fingerprint density at radius 1 is 1.42 bits per heavy atom. The Labute approximate surface area is 118 Å². The predicted molar refractivity (Wildman–Crippen MR) is 80.6 cm³/mol. The normalized spacial score (nSPS) is 11.8. The molecule has 1 aromatic carbocycles. The molecule has 0 bridgehead atoms. The minimum absolute atomic E-state index is 0.133. The number of hydrogen-bond acceptors (Lipinski definition) is 3. The van der Waals surface area contributed by atoms with Gasteiger partial charge in [-0.2, -0.15) is 0 Å². The van der Waals surface area contributed by atoms with E-state index < -0.39 is 0 Å². The first-order valence-electron chi connectivity index (χ1n) is 5.95. The smallest absolute Gasteiger partial charge is 0.319 e. The van der Waals surface area contributed by atoms with E-state index in [1.165, 1.54) is 0 Å². The average molecular weight is 281 g/mol. The number of rotatable bonds is 5. The van der Waals surface area contributed by atoms with Crippen molar-refractivity contribution in [1.29, 1.82) is 0 Å². The summed E-state index contributed by atoms with van der Waals surface area (Å²) in [4.78, 5) is 12.1. The van der Waals surface area contributed by atoms with Gasteiger partial charge in [0.1, 0.15) is 5.75 Å². The second kappa shape index (κ2) is 6.94. The van der Waals surface area contributed by atoms with Crippen LogP contribution in [0.2, 0.25) is 0 Å². The standard InChI is InChI=1S/C13H19N3O2S/c1-8(2)11(12(14)19)16-13(17)15-9-5-4-6-10(7-9)18-3/h4-8,11H,1-3H3,(H2,14,19)(H2,15,16,17). The summed E-state index contributed by atoms with van der Waals surface area (Å²) in [5.74, 6) is 0.807. The first-order valence-corrected chi connectivity index (χ1v) is 6.35. The molecule has 0 saturated heterocycles.